The summed E-state index contributed by atoms with van der Waals surface area (Å²) in [5.41, 5.74) is 4.03. The summed E-state index contributed by atoms with van der Waals surface area (Å²) in [5.74, 6) is 3.06. The number of hydrogen-bond acceptors (Lipinski definition) is 3. The van der Waals surface area contributed by atoms with E-state index in [1.54, 1.807) is 12.1 Å². The average molecular weight is 297 g/mol. The lowest BCUT2D eigenvalue weighted by atomic mass is 10.2. The van der Waals surface area contributed by atoms with E-state index in [4.69, 9.17) is 5.11 Å². The van der Waals surface area contributed by atoms with Crippen molar-refractivity contribution in [2.45, 2.75) is 24.5 Å². The van der Waals surface area contributed by atoms with Crippen molar-refractivity contribution in [3.05, 3.63) is 29.8 Å². The Balaban J connectivity index is 2.90. The summed E-state index contributed by atoms with van der Waals surface area (Å²) >= 11 is 0. The zero-order chi connectivity index (χ0) is 14.5. The van der Waals surface area contributed by atoms with Crippen LogP contribution in [0, 0.1) is 11.5 Å². The molecule has 0 aliphatic heterocycles. The second-order valence-electron chi connectivity index (χ2n) is 5.15. The van der Waals surface area contributed by atoms with Crippen LogP contribution in [0.25, 0.3) is 0 Å². The second kappa shape index (κ2) is 6.35. The fourth-order valence-corrected chi connectivity index (χ4v) is 2.78. The predicted molar refractivity (Wildman–Crippen MR) is 78.9 cm³/mol. The summed E-state index contributed by atoms with van der Waals surface area (Å²) in [6.45, 7) is 6.24. The minimum atomic E-state index is -3.53. The first kappa shape index (κ1) is 15.9. The molecular formula is C13H19NO3SSi. The van der Waals surface area contributed by atoms with Crippen LogP contribution in [0.15, 0.2) is 29.2 Å². The zero-order valence-corrected chi connectivity index (χ0v) is 13.2. The van der Waals surface area contributed by atoms with Crippen LogP contribution in [0.3, 0.4) is 0 Å². The van der Waals surface area contributed by atoms with E-state index in [9.17, 15) is 8.42 Å². The van der Waals surface area contributed by atoms with E-state index >= 15 is 0 Å². The van der Waals surface area contributed by atoms with Crippen molar-refractivity contribution >= 4 is 18.1 Å². The highest BCUT2D eigenvalue weighted by atomic mass is 32.2. The third-order valence-corrected chi connectivity index (χ3v) is 4.50. The van der Waals surface area contributed by atoms with Crippen molar-refractivity contribution in [1.29, 1.82) is 0 Å². The van der Waals surface area contributed by atoms with Gasteiger partial charge in [-0.1, -0.05) is 25.6 Å². The number of aliphatic hydroxyl groups excluding tert-OH is 1. The molecule has 0 spiro atoms. The van der Waals surface area contributed by atoms with E-state index in [1.807, 2.05) is 0 Å². The summed E-state index contributed by atoms with van der Waals surface area (Å²) in [4.78, 5) is 0.180. The van der Waals surface area contributed by atoms with Crippen molar-refractivity contribution in [1.82, 2.24) is 4.72 Å². The lowest BCUT2D eigenvalue weighted by Gasteiger charge is -2.05. The van der Waals surface area contributed by atoms with Crippen LogP contribution in [-0.4, -0.2) is 34.7 Å². The Morgan fingerprint density at radius 2 is 1.79 bits per heavy atom. The number of hydrogen-bond donors (Lipinski definition) is 2. The second-order valence-corrected chi connectivity index (χ2v) is 11.7. The molecule has 1 aromatic carbocycles. The molecule has 4 nitrogen and oxygen atoms in total. The van der Waals surface area contributed by atoms with Gasteiger partial charge in [0.25, 0.3) is 0 Å². The van der Waals surface area contributed by atoms with Gasteiger partial charge in [-0.25, -0.2) is 13.1 Å². The van der Waals surface area contributed by atoms with E-state index in [0.717, 1.165) is 5.56 Å². The summed E-state index contributed by atoms with van der Waals surface area (Å²) in [5, 5.41) is 8.63. The highest BCUT2D eigenvalue weighted by Crippen LogP contribution is 2.10. The maximum absolute atomic E-state index is 11.8. The minimum Gasteiger partial charge on any atom is -0.395 e. The Morgan fingerprint density at radius 3 is 2.26 bits per heavy atom. The molecule has 0 saturated heterocycles. The minimum absolute atomic E-state index is 0.0134. The Labute approximate surface area is 115 Å². The largest absolute Gasteiger partial charge is 0.395 e. The Morgan fingerprint density at radius 1 is 1.21 bits per heavy atom. The summed E-state index contributed by atoms with van der Waals surface area (Å²) in [6.07, 6.45) is 0. The summed E-state index contributed by atoms with van der Waals surface area (Å²) < 4.78 is 25.8. The van der Waals surface area contributed by atoms with Crippen LogP contribution in [0.1, 0.15) is 5.56 Å². The zero-order valence-electron chi connectivity index (χ0n) is 11.4. The molecule has 0 radical (unpaired) electrons. The highest BCUT2D eigenvalue weighted by molar-refractivity contribution is 7.89. The van der Waals surface area contributed by atoms with E-state index in [0.29, 0.717) is 0 Å². The van der Waals surface area contributed by atoms with Gasteiger partial charge in [-0.05, 0) is 24.3 Å². The molecule has 0 fully saturated rings. The highest BCUT2D eigenvalue weighted by Gasteiger charge is 2.12. The molecule has 104 valence electrons. The Hall–Kier alpha value is -1.13. The van der Waals surface area contributed by atoms with Crippen molar-refractivity contribution in [3.8, 4) is 11.5 Å². The van der Waals surface area contributed by atoms with Crippen LogP contribution < -0.4 is 4.72 Å². The quantitative estimate of drug-likeness (QED) is 0.648. The van der Waals surface area contributed by atoms with Gasteiger partial charge in [-0.2, -0.15) is 0 Å². The van der Waals surface area contributed by atoms with Crippen LogP contribution in [0.5, 0.6) is 0 Å². The van der Waals surface area contributed by atoms with Gasteiger partial charge in [0, 0.05) is 12.1 Å². The number of rotatable bonds is 4. The number of sulfonamides is 1. The smallest absolute Gasteiger partial charge is 0.240 e. The molecule has 0 bridgehead atoms. The van der Waals surface area contributed by atoms with Gasteiger partial charge < -0.3 is 5.11 Å². The first-order valence-corrected chi connectivity index (χ1v) is 11.0. The third kappa shape index (κ3) is 5.57. The molecule has 1 aromatic rings. The summed E-state index contributed by atoms with van der Waals surface area (Å²) in [7, 11) is -4.96. The standard InChI is InChI=1S/C13H19NO3SSi/c1-19(2,3)11-8-12-4-6-13(7-5-12)18(16,17)14-9-10-15/h4-7,14-15H,9-10H2,1-3H3. The van der Waals surface area contributed by atoms with Gasteiger partial charge in [0.2, 0.25) is 10.0 Å². The lowest BCUT2D eigenvalue weighted by molar-refractivity contribution is 0.301. The molecule has 2 N–H and O–H groups in total. The number of nitrogens with one attached hydrogen (secondary N) is 1. The van der Waals surface area contributed by atoms with Gasteiger partial charge in [-0.15, -0.1) is 5.54 Å². The predicted octanol–water partition coefficient (Wildman–Crippen LogP) is 1.19. The third-order valence-electron chi connectivity index (χ3n) is 2.15. The molecule has 0 amide bonds. The molecule has 0 atom stereocenters. The van der Waals surface area contributed by atoms with Gasteiger partial charge >= 0.3 is 0 Å². The average Bonchev–Trinajstić information content (AvgIpc) is 2.34. The van der Waals surface area contributed by atoms with Crippen LogP contribution in [0.2, 0.25) is 19.6 Å². The van der Waals surface area contributed by atoms with Gasteiger partial charge in [0.05, 0.1) is 11.5 Å². The number of benzene rings is 1. The molecule has 0 aliphatic rings. The van der Waals surface area contributed by atoms with Gasteiger partial charge in [0.1, 0.15) is 8.07 Å². The van der Waals surface area contributed by atoms with Crippen molar-refractivity contribution in [2.24, 2.45) is 0 Å². The van der Waals surface area contributed by atoms with Crippen LogP contribution in [-0.2, 0) is 10.0 Å². The van der Waals surface area contributed by atoms with Crippen molar-refractivity contribution in [3.63, 3.8) is 0 Å². The summed E-state index contributed by atoms with van der Waals surface area (Å²) in [6, 6.07) is 6.43. The van der Waals surface area contributed by atoms with E-state index in [-0.39, 0.29) is 18.0 Å². The monoisotopic (exact) mass is 297 g/mol. The van der Waals surface area contributed by atoms with Gasteiger partial charge in [0.15, 0.2) is 0 Å². The van der Waals surface area contributed by atoms with E-state index in [2.05, 4.69) is 35.8 Å². The molecule has 0 heterocycles. The maximum atomic E-state index is 11.8. The Kier molecular flexibility index (Phi) is 5.32. The first-order chi connectivity index (χ1) is 8.74. The molecular weight excluding hydrogens is 278 g/mol. The molecule has 19 heavy (non-hydrogen) atoms. The normalized spacial score (nSPS) is 11.8. The molecule has 0 aliphatic carbocycles. The fraction of sp³-hybridized carbons (Fsp3) is 0.385. The molecule has 0 aromatic heterocycles. The number of aliphatic hydroxyl groups is 1. The Bertz CT molecular complexity index is 577. The van der Waals surface area contributed by atoms with Crippen LogP contribution >= 0.6 is 0 Å². The molecule has 6 heteroatoms. The lowest BCUT2D eigenvalue weighted by Crippen LogP contribution is -2.26. The van der Waals surface area contributed by atoms with E-state index in [1.165, 1.54) is 12.1 Å². The van der Waals surface area contributed by atoms with Gasteiger partial charge in [-0.3, -0.25) is 0 Å². The fourth-order valence-electron chi connectivity index (χ4n) is 1.24. The van der Waals surface area contributed by atoms with Crippen molar-refractivity contribution < 1.29 is 13.5 Å². The SMILES string of the molecule is C[Si](C)(C)C#Cc1ccc(S(=O)(=O)NCCO)cc1. The van der Waals surface area contributed by atoms with Crippen molar-refractivity contribution in [2.75, 3.05) is 13.2 Å². The molecule has 0 unspecified atom stereocenters. The van der Waals surface area contributed by atoms with Crippen LogP contribution in [0.4, 0.5) is 0 Å². The first-order valence-electron chi connectivity index (χ1n) is 5.98. The maximum Gasteiger partial charge on any atom is 0.240 e. The topological polar surface area (TPSA) is 66.4 Å². The molecule has 0 saturated carbocycles. The van der Waals surface area contributed by atoms with E-state index < -0.39 is 18.1 Å². The molecule has 1 rings (SSSR count).